The zero-order valence-electron chi connectivity index (χ0n) is 17.6. The van der Waals surface area contributed by atoms with E-state index in [4.69, 9.17) is 0 Å². The summed E-state index contributed by atoms with van der Waals surface area (Å²) >= 11 is 0. The first kappa shape index (κ1) is 21.5. The Bertz CT molecular complexity index is 1400. The van der Waals surface area contributed by atoms with E-state index in [0.717, 1.165) is 33.9 Å². The third-order valence-corrected chi connectivity index (χ3v) is 5.17. The molecular formula is C22H20F3N5O2. The van der Waals surface area contributed by atoms with Gasteiger partial charge < -0.3 is 9.88 Å². The van der Waals surface area contributed by atoms with Crippen LogP contribution in [0, 0.1) is 0 Å². The Labute approximate surface area is 180 Å². The molecule has 0 aliphatic rings. The molecule has 0 spiro atoms. The largest absolute Gasteiger partial charge is 0.416 e. The average Bonchev–Trinajstić information content (AvgIpc) is 3.09. The summed E-state index contributed by atoms with van der Waals surface area (Å²) in [5, 5.41) is 7.17. The van der Waals surface area contributed by atoms with Gasteiger partial charge in [0.1, 0.15) is 6.54 Å². The molecule has 166 valence electrons. The van der Waals surface area contributed by atoms with Gasteiger partial charge in [0, 0.05) is 18.1 Å². The summed E-state index contributed by atoms with van der Waals surface area (Å²) in [6, 6.07) is 8.16. The number of nitrogens with zero attached hydrogens (tertiary/aromatic N) is 4. The fraction of sp³-hybridized carbons (Fsp3) is 0.273. The van der Waals surface area contributed by atoms with Crippen LogP contribution in [-0.4, -0.2) is 25.2 Å². The SMILES string of the molecule is CC(C)c1nn(CC(=O)Nc2ccc3ncn(C)c3c2)c(=O)c2ccc(C(F)(F)F)cc12. The quantitative estimate of drug-likeness (QED) is 0.516. The van der Waals surface area contributed by atoms with Crippen molar-refractivity contribution in [3.8, 4) is 0 Å². The molecule has 2 heterocycles. The van der Waals surface area contributed by atoms with E-state index in [2.05, 4.69) is 15.4 Å². The van der Waals surface area contributed by atoms with Crippen molar-refractivity contribution in [3.63, 3.8) is 0 Å². The highest BCUT2D eigenvalue weighted by molar-refractivity contribution is 5.93. The predicted octanol–water partition coefficient (Wildman–Crippen LogP) is 4.06. The van der Waals surface area contributed by atoms with Crippen molar-refractivity contribution >= 4 is 33.4 Å². The summed E-state index contributed by atoms with van der Waals surface area (Å²) in [6.45, 7) is 3.15. The maximum absolute atomic E-state index is 13.1. The summed E-state index contributed by atoms with van der Waals surface area (Å²) in [5.41, 5.74) is 0.960. The van der Waals surface area contributed by atoms with Gasteiger partial charge in [-0.25, -0.2) is 9.67 Å². The van der Waals surface area contributed by atoms with Crippen LogP contribution in [-0.2, 0) is 24.6 Å². The van der Waals surface area contributed by atoms with Gasteiger partial charge in [0.05, 0.1) is 34.0 Å². The molecule has 4 rings (SSSR count). The summed E-state index contributed by atoms with van der Waals surface area (Å²) in [6.07, 6.45) is -2.88. The summed E-state index contributed by atoms with van der Waals surface area (Å²) in [5.74, 6) is -0.745. The second-order valence-corrected chi connectivity index (χ2v) is 7.87. The van der Waals surface area contributed by atoms with Gasteiger partial charge >= 0.3 is 6.18 Å². The predicted molar refractivity (Wildman–Crippen MR) is 114 cm³/mol. The van der Waals surface area contributed by atoms with Crippen LogP contribution in [0.4, 0.5) is 18.9 Å². The number of aromatic nitrogens is 4. The summed E-state index contributed by atoms with van der Waals surface area (Å²) < 4.78 is 42.2. The molecule has 0 aliphatic heterocycles. The Hall–Kier alpha value is -3.69. The van der Waals surface area contributed by atoms with Gasteiger partial charge in [-0.05, 0) is 42.3 Å². The molecule has 0 atom stereocenters. The number of imidazole rings is 1. The molecular weight excluding hydrogens is 423 g/mol. The highest BCUT2D eigenvalue weighted by atomic mass is 19.4. The molecule has 10 heteroatoms. The minimum Gasteiger partial charge on any atom is -0.334 e. The zero-order chi connectivity index (χ0) is 23.2. The van der Waals surface area contributed by atoms with Crippen molar-refractivity contribution in [1.29, 1.82) is 0 Å². The molecule has 1 amide bonds. The number of aryl methyl sites for hydroxylation is 1. The first-order chi connectivity index (χ1) is 15.0. The molecule has 4 aromatic rings. The van der Waals surface area contributed by atoms with Crippen LogP contribution in [0.3, 0.4) is 0 Å². The van der Waals surface area contributed by atoms with E-state index < -0.39 is 23.2 Å². The molecule has 32 heavy (non-hydrogen) atoms. The first-order valence-corrected chi connectivity index (χ1v) is 9.87. The number of halogens is 3. The van der Waals surface area contributed by atoms with Crippen molar-refractivity contribution in [2.45, 2.75) is 32.5 Å². The molecule has 0 saturated carbocycles. The minimum atomic E-state index is -4.54. The lowest BCUT2D eigenvalue weighted by molar-refractivity contribution is -0.137. The van der Waals surface area contributed by atoms with Crippen LogP contribution in [0.1, 0.15) is 31.0 Å². The van der Waals surface area contributed by atoms with Gasteiger partial charge in [-0.15, -0.1) is 0 Å². The maximum Gasteiger partial charge on any atom is 0.416 e. The van der Waals surface area contributed by atoms with E-state index in [9.17, 15) is 22.8 Å². The van der Waals surface area contributed by atoms with E-state index in [1.165, 1.54) is 0 Å². The number of amides is 1. The fourth-order valence-corrected chi connectivity index (χ4v) is 3.56. The maximum atomic E-state index is 13.1. The van der Waals surface area contributed by atoms with Crippen LogP contribution in [0.15, 0.2) is 47.5 Å². The van der Waals surface area contributed by atoms with Crippen LogP contribution in [0.5, 0.6) is 0 Å². The van der Waals surface area contributed by atoms with Gasteiger partial charge in [0.25, 0.3) is 5.56 Å². The van der Waals surface area contributed by atoms with Crippen LogP contribution in [0.2, 0.25) is 0 Å². The molecule has 0 saturated heterocycles. The standard InChI is InChI=1S/C22H20F3N5O2/c1-12(2)20-16-8-13(22(23,24)25)4-6-15(16)21(32)30(28-20)10-19(31)27-14-5-7-17-18(9-14)29(3)11-26-17/h4-9,11-12H,10H2,1-3H3,(H,27,31). The molecule has 0 radical (unpaired) electrons. The Balaban J connectivity index is 1.68. The van der Waals surface area contributed by atoms with Crippen molar-refractivity contribution in [2.75, 3.05) is 5.32 Å². The number of alkyl halides is 3. The number of benzene rings is 2. The number of carbonyl (C=O) groups excluding carboxylic acids is 1. The number of hydrogen-bond acceptors (Lipinski definition) is 4. The van der Waals surface area contributed by atoms with Crippen molar-refractivity contribution in [1.82, 2.24) is 19.3 Å². The summed E-state index contributed by atoms with van der Waals surface area (Å²) in [4.78, 5) is 29.7. The minimum absolute atomic E-state index is 0.0841. The molecule has 1 N–H and O–H groups in total. The monoisotopic (exact) mass is 443 g/mol. The Kier molecular flexibility index (Phi) is 5.23. The van der Waals surface area contributed by atoms with Gasteiger partial charge in [-0.3, -0.25) is 9.59 Å². The third kappa shape index (κ3) is 3.95. The Morgan fingerprint density at radius 3 is 2.56 bits per heavy atom. The van der Waals surface area contributed by atoms with E-state index in [1.807, 2.05) is 11.6 Å². The second-order valence-electron chi connectivity index (χ2n) is 7.87. The van der Waals surface area contributed by atoms with E-state index in [-0.39, 0.29) is 23.2 Å². The van der Waals surface area contributed by atoms with Gasteiger partial charge in [0.2, 0.25) is 5.91 Å². The first-order valence-electron chi connectivity index (χ1n) is 9.87. The van der Waals surface area contributed by atoms with E-state index in [0.29, 0.717) is 11.4 Å². The molecule has 0 fully saturated rings. The summed E-state index contributed by atoms with van der Waals surface area (Å²) in [7, 11) is 1.83. The number of rotatable bonds is 4. The lowest BCUT2D eigenvalue weighted by Gasteiger charge is -2.15. The lowest BCUT2D eigenvalue weighted by atomic mass is 10.0. The number of hydrogen-bond donors (Lipinski definition) is 1. The third-order valence-electron chi connectivity index (χ3n) is 5.17. The Morgan fingerprint density at radius 2 is 1.88 bits per heavy atom. The zero-order valence-corrected chi connectivity index (χ0v) is 17.6. The topological polar surface area (TPSA) is 81.8 Å². The fourth-order valence-electron chi connectivity index (χ4n) is 3.56. The lowest BCUT2D eigenvalue weighted by Crippen LogP contribution is -2.31. The molecule has 0 aliphatic carbocycles. The number of anilines is 1. The van der Waals surface area contributed by atoms with E-state index in [1.54, 1.807) is 38.4 Å². The number of carbonyl (C=O) groups is 1. The molecule has 0 unspecified atom stereocenters. The molecule has 2 aromatic heterocycles. The smallest absolute Gasteiger partial charge is 0.334 e. The Morgan fingerprint density at radius 1 is 1.12 bits per heavy atom. The van der Waals surface area contributed by atoms with Crippen molar-refractivity contribution < 1.29 is 18.0 Å². The highest BCUT2D eigenvalue weighted by Crippen LogP contribution is 2.32. The number of nitrogens with one attached hydrogen (secondary N) is 1. The van der Waals surface area contributed by atoms with Crippen LogP contribution in [0.25, 0.3) is 21.8 Å². The molecule has 0 bridgehead atoms. The van der Waals surface area contributed by atoms with Gasteiger partial charge in [-0.1, -0.05) is 13.8 Å². The molecule has 7 nitrogen and oxygen atoms in total. The van der Waals surface area contributed by atoms with Crippen LogP contribution < -0.4 is 10.9 Å². The highest BCUT2D eigenvalue weighted by Gasteiger charge is 2.31. The van der Waals surface area contributed by atoms with Crippen LogP contribution >= 0.6 is 0 Å². The van der Waals surface area contributed by atoms with Gasteiger partial charge in [-0.2, -0.15) is 18.3 Å². The normalized spacial score (nSPS) is 12.1. The van der Waals surface area contributed by atoms with E-state index >= 15 is 0 Å². The van der Waals surface area contributed by atoms with Crippen molar-refractivity contribution in [2.24, 2.45) is 7.05 Å². The second kappa shape index (κ2) is 7.77. The van der Waals surface area contributed by atoms with Gasteiger partial charge in [0.15, 0.2) is 0 Å². The molecule has 2 aromatic carbocycles. The van der Waals surface area contributed by atoms with Crippen molar-refractivity contribution in [3.05, 3.63) is 64.3 Å². The number of fused-ring (bicyclic) bond motifs is 2. The average molecular weight is 443 g/mol.